The molecule has 0 bridgehead atoms. The lowest BCUT2D eigenvalue weighted by Crippen LogP contribution is -2.12. The van der Waals surface area contributed by atoms with Crippen LogP contribution in [-0.4, -0.2) is 6.61 Å². The number of rotatable bonds is 4. The number of halogens is 2. The quantitative estimate of drug-likeness (QED) is 0.853. The van der Waals surface area contributed by atoms with Crippen LogP contribution >= 0.6 is 27.5 Å². The first kappa shape index (κ1) is 14.9. The summed E-state index contributed by atoms with van der Waals surface area (Å²) in [6.45, 7) is 0.798. The molecule has 0 amide bonds. The predicted octanol–water partition coefficient (Wildman–Crippen LogP) is 4.67. The fraction of sp³-hybridized carbons (Fsp3) is 0.294. The maximum absolute atomic E-state index is 6.30. The van der Waals surface area contributed by atoms with Crippen LogP contribution < -0.4 is 10.5 Å². The number of nitrogens with two attached hydrogens (primary N) is 1. The Morgan fingerprint density at radius 1 is 1.29 bits per heavy atom. The van der Waals surface area contributed by atoms with Gasteiger partial charge in [-0.2, -0.15) is 0 Å². The molecular weight excluding hydrogens is 350 g/mol. The second-order valence-electron chi connectivity index (χ2n) is 5.33. The average Bonchev–Trinajstić information content (AvgIpc) is 2.95. The van der Waals surface area contributed by atoms with Gasteiger partial charge in [-0.05, 0) is 57.6 Å². The molecule has 0 saturated carbocycles. The first-order valence-corrected chi connectivity index (χ1v) is 8.26. The van der Waals surface area contributed by atoms with Crippen molar-refractivity contribution in [3.63, 3.8) is 0 Å². The first-order valence-electron chi connectivity index (χ1n) is 7.09. The zero-order valence-corrected chi connectivity index (χ0v) is 14.0. The number of fused-ring (bicyclic) bond motifs is 1. The fourth-order valence-corrected chi connectivity index (χ4v) is 3.33. The molecule has 0 aromatic heterocycles. The predicted molar refractivity (Wildman–Crippen MR) is 90.0 cm³/mol. The van der Waals surface area contributed by atoms with E-state index in [1.165, 1.54) is 11.1 Å². The molecular formula is C17H17BrClNO. The lowest BCUT2D eigenvalue weighted by atomic mass is 9.98. The van der Waals surface area contributed by atoms with Gasteiger partial charge in [-0.25, -0.2) is 0 Å². The van der Waals surface area contributed by atoms with Crippen molar-refractivity contribution < 1.29 is 4.74 Å². The van der Waals surface area contributed by atoms with Crippen molar-refractivity contribution in [2.24, 2.45) is 5.73 Å². The number of benzene rings is 2. The molecule has 0 radical (unpaired) electrons. The minimum absolute atomic E-state index is 0.0560. The lowest BCUT2D eigenvalue weighted by molar-refractivity contribution is 0.357. The van der Waals surface area contributed by atoms with E-state index < -0.39 is 0 Å². The van der Waals surface area contributed by atoms with E-state index in [-0.39, 0.29) is 6.04 Å². The molecule has 2 N–H and O–H groups in total. The molecule has 4 heteroatoms. The van der Waals surface area contributed by atoms with Gasteiger partial charge < -0.3 is 10.5 Å². The molecule has 1 unspecified atom stereocenters. The summed E-state index contributed by atoms with van der Waals surface area (Å²) in [7, 11) is 0. The molecule has 1 atom stereocenters. The van der Waals surface area contributed by atoms with Crippen LogP contribution in [0.4, 0.5) is 0 Å². The fourth-order valence-electron chi connectivity index (χ4n) is 2.68. The second kappa shape index (κ2) is 6.39. The van der Waals surface area contributed by atoms with Crippen LogP contribution in [0.2, 0.25) is 5.02 Å². The van der Waals surface area contributed by atoms with Gasteiger partial charge in [-0.15, -0.1) is 0 Å². The minimum atomic E-state index is -0.0560. The SMILES string of the molecule is NC(CCc1ccc2c(c1)CCO2)c1cccc(Br)c1Cl. The molecule has 0 spiro atoms. The van der Waals surface area contributed by atoms with Crippen molar-refractivity contribution in [2.45, 2.75) is 25.3 Å². The minimum Gasteiger partial charge on any atom is -0.493 e. The third-order valence-electron chi connectivity index (χ3n) is 3.88. The third kappa shape index (κ3) is 3.25. The summed E-state index contributed by atoms with van der Waals surface area (Å²) < 4.78 is 6.43. The maximum Gasteiger partial charge on any atom is 0.122 e. The molecule has 1 heterocycles. The van der Waals surface area contributed by atoms with Crippen molar-refractivity contribution in [3.05, 3.63) is 62.6 Å². The maximum atomic E-state index is 6.30. The summed E-state index contributed by atoms with van der Waals surface area (Å²) in [6.07, 6.45) is 2.82. The Balaban J connectivity index is 1.68. The van der Waals surface area contributed by atoms with Crippen LogP contribution in [0.25, 0.3) is 0 Å². The standard InChI is InChI=1S/C17H17BrClNO/c18-14-3-1-2-13(17(14)19)15(20)6-4-11-5-7-16-12(10-11)8-9-21-16/h1-3,5,7,10,15H,4,6,8-9,20H2. The summed E-state index contributed by atoms with van der Waals surface area (Å²) in [4.78, 5) is 0. The van der Waals surface area contributed by atoms with E-state index in [0.29, 0.717) is 5.02 Å². The van der Waals surface area contributed by atoms with E-state index >= 15 is 0 Å². The van der Waals surface area contributed by atoms with Gasteiger partial charge in [-0.3, -0.25) is 0 Å². The summed E-state index contributed by atoms with van der Waals surface area (Å²) >= 11 is 9.75. The Hall–Kier alpha value is -1.03. The van der Waals surface area contributed by atoms with Crippen molar-refractivity contribution in [2.75, 3.05) is 6.61 Å². The highest BCUT2D eigenvalue weighted by Gasteiger charge is 2.14. The van der Waals surface area contributed by atoms with Gasteiger partial charge in [-0.1, -0.05) is 35.9 Å². The highest BCUT2D eigenvalue weighted by molar-refractivity contribution is 9.10. The second-order valence-corrected chi connectivity index (χ2v) is 6.56. The van der Waals surface area contributed by atoms with Gasteiger partial charge in [0.1, 0.15) is 5.75 Å². The molecule has 0 fully saturated rings. The van der Waals surface area contributed by atoms with Crippen LogP contribution in [-0.2, 0) is 12.8 Å². The normalized spacial score (nSPS) is 14.6. The molecule has 21 heavy (non-hydrogen) atoms. The largest absolute Gasteiger partial charge is 0.493 e. The van der Waals surface area contributed by atoms with E-state index in [1.807, 2.05) is 18.2 Å². The molecule has 1 aliphatic rings. The Morgan fingerprint density at radius 2 is 2.14 bits per heavy atom. The van der Waals surface area contributed by atoms with Crippen LogP contribution in [0, 0.1) is 0 Å². The van der Waals surface area contributed by atoms with Crippen LogP contribution in [0.15, 0.2) is 40.9 Å². The monoisotopic (exact) mass is 365 g/mol. The molecule has 2 nitrogen and oxygen atoms in total. The van der Waals surface area contributed by atoms with Gasteiger partial charge in [0, 0.05) is 16.9 Å². The Bertz CT molecular complexity index is 659. The zero-order chi connectivity index (χ0) is 14.8. The van der Waals surface area contributed by atoms with E-state index in [9.17, 15) is 0 Å². The summed E-state index contributed by atoms with van der Waals surface area (Å²) in [5, 5.41) is 0.715. The molecule has 110 valence electrons. The topological polar surface area (TPSA) is 35.2 Å². The van der Waals surface area contributed by atoms with Crippen molar-refractivity contribution in [3.8, 4) is 5.75 Å². The first-order chi connectivity index (χ1) is 10.1. The van der Waals surface area contributed by atoms with E-state index in [4.69, 9.17) is 22.1 Å². The third-order valence-corrected chi connectivity index (χ3v) is 5.19. The molecule has 0 aliphatic carbocycles. The number of ether oxygens (including phenoxy) is 1. The zero-order valence-electron chi connectivity index (χ0n) is 11.6. The van der Waals surface area contributed by atoms with Crippen LogP contribution in [0.3, 0.4) is 0 Å². The van der Waals surface area contributed by atoms with Gasteiger partial charge >= 0.3 is 0 Å². The number of hydrogen-bond donors (Lipinski definition) is 1. The van der Waals surface area contributed by atoms with E-state index in [0.717, 1.165) is 41.7 Å². The summed E-state index contributed by atoms with van der Waals surface area (Å²) in [5.74, 6) is 1.03. The Labute approximate surface area is 138 Å². The summed E-state index contributed by atoms with van der Waals surface area (Å²) in [6, 6.07) is 12.3. The molecule has 0 saturated heterocycles. The van der Waals surface area contributed by atoms with Crippen molar-refractivity contribution in [1.82, 2.24) is 0 Å². The van der Waals surface area contributed by atoms with Gasteiger partial charge in [0.25, 0.3) is 0 Å². The smallest absolute Gasteiger partial charge is 0.122 e. The van der Waals surface area contributed by atoms with Gasteiger partial charge in [0.2, 0.25) is 0 Å². The number of aryl methyl sites for hydroxylation is 1. The summed E-state index contributed by atoms with van der Waals surface area (Å²) in [5.41, 5.74) is 9.90. The molecule has 2 aromatic carbocycles. The molecule has 3 rings (SSSR count). The highest BCUT2D eigenvalue weighted by Crippen LogP contribution is 2.32. The van der Waals surface area contributed by atoms with Gasteiger partial charge in [0.15, 0.2) is 0 Å². The van der Waals surface area contributed by atoms with Gasteiger partial charge in [0.05, 0.1) is 11.6 Å². The van der Waals surface area contributed by atoms with Crippen LogP contribution in [0.5, 0.6) is 5.75 Å². The number of hydrogen-bond acceptors (Lipinski definition) is 2. The van der Waals surface area contributed by atoms with E-state index in [1.54, 1.807) is 0 Å². The lowest BCUT2D eigenvalue weighted by Gasteiger charge is -2.15. The van der Waals surface area contributed by atoms with Crippen LogP contribution in [0.1, 0.15) is 29.2 Å². The Morgan fingerprint density at radius 3 is 3.00 bits per heavy atom. The molecule has 1 aliphatic heterocycles. The Kier molecular flexibility index (Phi) is 4.53. The van der Waals surface area contributed by atoms with E-state index in [2.05, 4.69) is 34.1 Å². The highest BCUT2D eigenvalue weighted by atomic mass is 79.9. The average molecular weight is 367 g/mol. The van der Waals surface area contributed by atoms with Crippen molar-refractivity contribution >= 4 is 27.5 Å². The molecule has 2 aromatic rings. The van der Waals surface area contributed by atoms with Crippen molar-refractivity contribution in [1.29, 1.82) is 0 Å².